The van der Waals surface area contributed by atoms with Crippen molar-refractivity contribution in [1.29, 1.82) is 0 Å². The van der Waals surface area contributed by atoms with Crippen molar-refractivity contribution in [3.05, 3.63) is 32.7 Å². The summed E-state index contributed by atoms with van der Waals surface area (Å²) in [6, 6.07) is 1.46. The highest BCUT2D eigenvalue weighted by Crippen LogP contribution is 2.37. The first-order valence-electron chi connectivity index (χ1n) is 4.97. The number of piperidine rings is 1. The predicted octanol–water partition coefficient (Wildman–Crippen LogP) is 1.85. The standard InChI is InChI=1S/C10H11BrF2N2O/c11-8-3-6(4-15-9(8)16)7-5-14-2-1-10(7,12)13/h3-4,7,14H,1-2,5H2,(H,15,16). The summed E-state index contributed by atoms with van der Waals surface area (Å²) in [5.41, 5.74) is 0.138. The number of nitrogens with one attached hydrogen (secondary N) is 2. The van der Waals surface area contributed by atoms with Crippen LogP contribution in [0.5, 0.6) is 0 Å². The molecule has 16 heavy (non-hydrogen) atoms. The van der Waals surface area contributed by atoms with E-state index in [1.165, 1.54) is 12.3 Å². The van der Waals surface area contributed by atoms with E-state index in [1.807, 2.05) is 0 Å². The van der Waals surface area contributed by atoms with Gasteiger partial charge in [-0.3, -0.25) is 4.79 Å². The summed E-state index contributed by atoms with van der Waals surface area (Å²) < 4.78 is 27.6. The number of hydrogen-bond acceptors (Lipinski definition) is 2. The summed E-state index contributed by atoms with van der Waals surface area (Å²) in [4.78, 5) is 13.5. The first-order chi connectivity index (χ1) is 7.50. The van der Waals surface area contributed by atoms with Crippen LogP contribution in [0, 0.1) is 0 Å². The Morgan fingerprint density at radius 2 is 2.25 bits per heavy atom. The van der Waals surface area contributed by atoms with Gasteiger partial charge in [-0.25, -0.2) is 8.78 Å². The maximum Gasteiger partial charge on any atom is 0.262 e. The molecular weight excluding hydrogens is 282 g/mol. The summed E-state index contributed by atoms with van der Waals surface area (Å²) in [6.07, 6.45) is 1.19. The zero-order valence-corrected chi connectivity index (χ0v) is 9.98. The van der Waals surface area contributed by atoms with Crippen LogP contribution in [0.3, 0.4) is 0 Å². The number of alkyl halides is 2. The van der Waals surface area contributed by atoms with E-state index >= 15 is 0 Å². The van der Waals surface area contributed by atoms with E-state index in [9.17, 15) is 13.6 Å². The Labute approximate surface area is 99.4 Å². The van der Waals surface area contributed by atoms with Crippen LogP contribution in [0.1, 0.15) is 17.9 Å². The van der Waals surface area contributed by atoms with Crippen molar-refractivity contribution in [1.82, 2.24) is 10.3 Å². The third-order valence-corrected chi connectivity index (χ3v) is 3.37. The van der Waals surface area contributed by atoms with Crippen LogP contribution >= 0.6 is 15.9 Å². The molecular formula is C10H11BrF2N2O. The van der Waals surface area contributed by atoms with Crippen LogP contribution in [0.15, 0.2) is 21.5 Å². The third-order valence-electron chi connectivity index (χ3n) is 2.78. The van der Waals surface area contributed by atoms with E-state index in [4.69, 9.17) is 0 Å². The molecule has 0 aliphatic carbocycles. The van der Waals surface area contributed by atoms with Crippen LogP contribution in [-0.2, 0) is 0 Å². The zero-order chi connectivity index (χ0) is 11.8. The van der Waals surface area contributed by atoms with Crippen LogP contribution in [0.25, 0.3) is 0 Å². The fourth-order valence-corrected chi connectivity index (χ4v) is 2.24. The Morgan fingerprint density at radius 3 is 2.88 bits per heavy atom. The van der Waals surface area contributed by atoms with Gasteiger partial charge in [0.1, 0.15) is 0 Å². The second kappa shape index (κ2) is 4.25. The number of halogens is 3. The van der Waals surface area contributed by atoms with Crippen molar-refractivity contribution >= 4 is 15.9 Å². The molecule has 0 spiro atoms. The van der Waals surface area contributed by atoms with E-state index < -0.39 is 11.8 Å². The number of hydrogen-bond donors (Lipinski definition) is 2. The van der Waals surface area contributed by atoms with Gasteiger partial charge in [0, 0.05) is 25.7 Å². The molecule has 1 aliphatic rings. The molecule has 2 heterocycles. The average molecular weight is 293 g/mol. The van der Waals surface area contributed by atoms with Gasteiger partial charge >= 0.3 is 0 Å². The number of rotatable bonds is 1. The van der Waals surface area contributed by atoms with Crippen LogP contribution in [-0.4, -0.2) is 24.0 Å². The van der Waals surface area contributed by atoms with Gasteiger partial charge in [-0.2, -0.15) is 0 Å². The molecule has 0 aromatic carbocycles. The maximum absolute atomic E-state index is 13.6. The molecule has 2 N–H and O–H groups in total. The molecule has 1 atom stereocenters. The minimum Gasteiger partial charge on any atom is -0.328 e. The summed E-state index contributed by atoms with van der Waals surface area (Å²) in [7, 11) is 0. The number of H-pyrrole nitrogens is 1. The second-order valence-electron chi connectivity index (χ2n) is 3.88. The van der Waals surface area contributed by atoms with Crippen LogP contribution in [0.4, 0.5) is 8.78 Å². The Bertz CT molecular complexity index is 447. The van der Waals surface area contributed by atoms with E-state index in [1.54, 1.807) is 0 Å². The molecule has 1 aromatic heterocycles. The average Bonchev–Trinajstić information content (AvgIpc) is 2.22. The highest BCUT2D eigenvalue weighted by atomic mass is 79.9. The molecule has 0 amide bonds. The molecule has 1 aromatic rings. The van der Waals surface area contributed by atoms with Gasteiger partial charge in [0.2, 0.25) is 0 Å². The summed E-state index contributed by atoms with van der Waals surface area (Å²) in [5.74, 6) is -3.60. The molecule has 0 saturated carbocycles. The van der Waals surface area contributed by atoms with E-state index in [0.717, 1.165) is 0 Å². The molecule has 1 aliphatic heterocycles. The summed E-state index contributed by atoms with van der Waals surface area (Å²) >= 11 is 3.04. The highest BCUT2D eigenvalue weighted by molar-refractivity contribution is 9.10. The van der Waals surface area contributed by atoms with Crippen LogP contribution in [0.2, 0.25) is 0 Å². The Morgan fingerprint density at radius 1 is 1.50 bits per heavy atom. The van der Waals surface area contributed by atoms with Crippen molar-refractivity contribution in [2.45, 2.75) is 18.3 Å². The van der Waals surface area contributed by atoms with Gasteiger partial charge < -0.3 is 10.3 Å². The Hall–Kier alpha value is -0.750. The number of pyridine rings is 1. The van der Waals surface area contributed by atoms with Crippen molar-refractivity contribution in [2.24, 2.45) is 0 Å². The zero-order valence-electron chi connectivity index (χ0n) is 8.40. The fourth-order valence-electron chi connectivity index (χ4n) is 1.86. The first-order valence-corrected chi connectivity index (χ1v) is 5.77. The molecule has 88 valence electrons. The minimum absolute atomic E-state index is 0.172. The summed E-state index contributed by atoms with van der Waals surface area (Å²) in [6.45, 7) is 0.555. The van der Waals surface area contributed by atoms with Crippen molar-refractivity contribution in [3.63, 3.8) is 0 Å². The van der Waals surface area contributed by atoms with Crippen LogP contribution < -0.4 is 10.9 Å². The molecule has 1 fully saturated rings. The van der Waals surface area contributed by atoms with Crippen molar-refractivity contribution < 1.29 is 8.78 Å². The Balaban J connectivity index is 2.35. The SMILES string of the molecule is O=c1[nH]cc(C2CNCCC2(F)F)cc1Br. The lowest BCUT2D eigenvalue weighted by molar-refractivity contribution is -0.0480. The van der Waals surface area contributed by atoms with Gasteiger partial charge in [0.25, 0.3) is 11.5 Å². The molecule has 3 nitrogen and oxygen atoms in total. The smallest absolute Gasteiger partial charge is 0.262 e. The lowest BCUT2D eigenvalue weighted by Gasteiger charge is -2.32. The molecule has 0 radical (unpaired) electrons. The van der Waals surface area contributed by atoms with Gasteiger partial charge in [-0.15, -0.1) is 0 Å². The van der Waals surface area contributed by atoms with Gasteiger partial charge in [-0.1, -0.05) is 0 Å². The van der Waals surface area contributed by atoms with Crippen molar-refractivity contribution in [2.75, 3.05) is 13.1 Å². The first kappa shape index (κ1) is 11.7. The quantitative estimate of drug-likeness (QED) is 0.830. The topological polar surface area (TPSA) is 44.9 Å². The molecule has 6 heteroatoms. The molecule has 2 rings (SSSR count). The van der Waals surface area contributed by atoms with E-state index in [2.05, 4.69) is 26.2 Å². The fraction of sp³-hybridized carbons (Fsp3) is 0.500. The molecule has 1 unspecified atom stereocenters. The maximum atomic E-state index is 13.6. The predicted molar refractivity (Wildman–Crippen MR) is 59.9 cm³/mol. The lowest BCUT2D eigenvalue weighted by atomic mass is 9.89. The lowest BCUT2D eigenvalue weighted by Crippen LogP contribution is -2.43. The second-order valence-corrected chi connectivity index (χ2v) is 4.73. The summed E-state index contributed by atoms with van der Waals surface area (Å²) in [5, 5.41) is 2.94. The van der Waals surface area contributed by atoms with E-state index in [0.29, 0.717) is 12.1 Å². The molecule has 0 bridgehead atoms. The Kier molecular flexibility index (Phi) is 3.12. The van der Waals surface area contributed by atoms with Gasteiger partial charge in [-0.05, 0) is 27.6 Å². The number of aromatic nitrogens is 1. The highest BCUT2D eigenvalue weighted by Gasteiger charge is 2.42. The third kappa shape index (κ3) is 2.17. The normalized spacial score (nSPS) is 24.3. The van der Waals surface area contributed by atoms with E-state index in [-0.39, 0.29) is 23.0 Å². The number of aromatic amines is 1. The molecule has 1 saturated heterocycles. The largest absolute Gasteiger partial charge is 0.328 e. The van der Waals surface area contributed by atoms with Gasteiger partial charge in [0.05, 0.1) is 10.4 Å². The van der Waals surface area contributed by atoms with Crippen molar-refractivity contribution in [3.8, 4) is 0 Å². The minimum atomic E-state index is -2.72. The van der Waals surface area contributed by atoms with Gasteiger partial charge in [0.15, 0.2) is 0 Å². The monoisotopic (exact) mass is 292 g/mol.